The van der Waals surface area contributed by atoms with Crippen molar-refractivity contribution < 1.29 is 23.9 Å². The van der Waals surface area contributed by atoms with Crippen molar-refractivity contribution in [2.24, 2.45) is 5.92 Å². The molecule has 1 unspecified atom stereocenters. The van der Waals surface area contributed by atoms with Gasteiger partial charge < -0.3 is 14.8 Å². The molecule has 1 aromatic rings. The van der Waals surface area contributed by atoms with Gasteiger partial charge in [0.2, 0.25) is 0 Å². The minimum absolute atomic E-state index is 0.171. The third-order valence-corrected chi connectivity index (χ3v) is 3.52. The molecule has 0 aliphatic heterocycles. The van der Waals surface area contributed by atoms with Crippen LogP contribution in [0.5, 0.6) is 0 Å². The number of carbonyl (C=O) groups excluding carboxylic acids is 3. The Morgan fingerprint density at radius 2 is 2.09 bits per heavy atom. The zero-order valence-electron chi connectivity index (χ0n) is 12.9. The van der Waals surface area contributed by atoms with Crippen LogP contribution in [-0.2, 0) is 19.1 Å². The topological polar surface area (TPSA) is 81.7 Å². The number of methoxy groups -OCH3 is 1. The van der Waals surface area contributed by atoms with Crippen LogP contribution in [-0.4, -0.2) is 31.6 Å². The highest BCUT2D eigenvalue weighted by molar-refractivity contribution is 5.95. The van der Waals surface area contributed by atoms with E-state index in [9.17, 15) is 14.4 Å². The summed E-state index contributed by atoms with van der Waals surface area (Å²) in [5.41, 5.74) is 0.769. The number of benzene rings is 1. The molecule has 1 amide bonds. The average Bonchev–Trinajstić information content (AvgIpc) is 2.60. The van der Waals surface area contributed by atoms with E-state index < -0.39 is 11.9 Å². The van der Waals surface area contributed by atoms with Gasteiger partial charge in [-0.2, -0.15) is 0 Å². The van der Waals surface area contributed by atoms with Crippen molar-refractivity contribution in [1.29, 1.82) is 0 Å². The number of esters is 2. The number of rotatable bonds is 5. The van der Waals surface area contributed by atoms with Gasteiger partial charge in [-0.3, -0.25) is 9.59 Å². The first-order valence-electron chi connectivity index (χ1n) is 7.40. The Morgan fingerprint density at radius 1 is 1.26 bits per heavy atom. The van der Waals surface area contributed by atoms with E-state index in [0.29, 0.717) is 17.7 Å². The van der Waals surface area contributed by atoms with Crippen LogP contribution in [0.4, 0.5) is 5.69 Å². The van der Waals surface area contributed by atoms with Crippen molar-refractivity contribution in [1.82, 2.24) is 0 Å². The van der Waals surface area contributed by atoms with Gasteiger partial charge >= 0.3 is 11.9 Å². The molecule has 23 heavy (non-hydrogen) atoms. The molecule has 6 heteroatoms. The molecule has 0 spiro atoms. The van der Waals surface area contributed by atoms with Crippen LogP contribution in [0.1, 0.15) is 29.6 Å². The first-order chi connectivity index (χ1) is 11.1. The Balaban J connectivity index is 1.83. The summed E-state index contributed by atoms with van der Waals surface area (Å²) in [6, 6.07) is 6.34. The highest BCUT2D eigenvalue weighted by atomic mass is 16.5. The maximum atomic E-state index is 11.8. The molecule has 0 aromatic heterocycles. The number of nitrogens with one attached hydrogen (secondary N) is 1. The van der Waals surface area contributed by atoms with E-state index in [4.69, 9.17) is 4.74 Å². The van der Waals surface area contributed by atoms with Gasteiger partial charge in [-0.1, -0.05) is 18.2 Å². The van der Waals surface area contributed by atoms with E-state index in [1.165, 1.54) is 13.2 Å². The predicted molar refractivity (Wildman–Crippen MR) is 83.9 cm³/mol. The molecule has 1 aromatic carbocycles. The largest absolute Gasteiger partial charge is 0.465 e. The number of anilines is 1. The Labute approximate surface area is 134 Å². The average molecular weight is 317 g/mol. The smallest absolute Gasteiger partial charge is 0.337 e. The summed E-state index contributed by atoms with van der Waals surface area (Å²) in [6.45, 7) is -0.346. The van der Waals surface area contributed by atoms with Crippen LogP contribution < -0.4 is 5.32 Å². The lowest BCUT2D eigenvalue weighted by Gasteiger charge is -2.16. The molecular formula is C17H19NO5. The molecule has 1 aliphatic rings. The van der Waals surface area contributed by atoms with Crippen LogP contribution in [0.2, 0.25) is 0 Å². The second kappa shape index (κ2) is 8.12. The van der Waals surface area contributed by atoms with Gasteiger partial charge in [0.25, 0.3) is 5.91 Å². The minimum atomic E-state index is -0.488. The van der Waals surface area contributed by atoms with E-state index in [0.717, 1.165) is 12.8 Å². The highest BCUT2D eigenvalue weighted by Crippen LogP contribution is 2.19. The lowest BCUT2D eigenvalue weighted by atomic mass is 9.95. The summed E-state index contributed by atoms with van der Waals surface area (Å²) in [6.07, 6.45) is 6.24. The molecule has 0 heterocycles. The van der Waals surface area contributed by atoms with Crippen LogP contribution in [0.15, 0.2) is 36.4 Å². The van der Waals surface area contributed by atoms with Crippen molar-refractivity contribution in [3.8, 4) is 0 Å². The second-order valence-corrected chi connectivity index (χ2v) is 5.21. The Morgan fingerprint density at radius 3 is 2.78 bits per heavy atom. The van der Waals surface area contributed by atoms with Crippen molar-refractivity contribution in [2.45, 2.75) is 19.3 Å². The summed E-state index contributed by atoms with van der Waals surface area (Å²) in [5, 5.41) is 2.58. The maximum Gasteiger partial charge on any atom is 0.337 e. The van der Waals surface area contributed by atoms with Crippen molar-refractivity contribution in [2.75, 3.05) is 19.0 Å². The summed E-state index contributed by atoms with van der Waals surface area (Å²) >= 11 is 0. The van der Waals surface area contributed by atoms with Crippen LogP contribution >= 0.6 is 0 Å². The van der Waals surface area contributed by atoms with Gasteiger partial charge in [0.15, 0.2) is 6.61 Å². The highest BCUT2D eigenvalue weighted by Gasteiger charge is 2.21. The fourth-order valence-electron chi connectivity index (χ4n) is 2.30. The first-order valence-corrected chi connectivity index (χ1v) is 7.40. The Bertz CT molecular complexity index is 623. The van der Waals surface area contributed by atoms with Crippen molar-refractivity contribution in [3.05, 3.63) is 42.0 Å². The molecule has 2 rings (SSSR count). The standard InChI is InChI=1S/C17H19NO5/c1-22-16(20)13-8-5-9-14(10-13)18-15(19)11-23-17(21)12-6-3-2-4-7-12/h2-3,5,8-10,12H,4,6-7,11H2,1H3,(H,18,19). The zero-order chi connectivity index (χ0) is 16.7. The van der Waals surface area contributed by atoms with E-state index in [1.807, 2.05) is 12.2 Å². The van der Waals surface area contributed by atoms with Gasteiger partial charge in [-0.15, -0.1) is 0 Å². The molecule has 0 saturated carbocycles. The molecule has 1 aliphatic carbocycles. The van der Waals surface area contributed by atoms with Gasteiger partial charge in [-0.05, 0) is 37.5 Å². The van der Waals surface area contributed by atoms with Crippen LogP contribution in [0, 0.1) is 5.92 Å². The summed E-state index contributed by atoms with van der Waals surface area (Å²) in [7, 11) is 1.29. The fraction of sp³-hybridized carbons (Fsp3) is 0.353. The van der Waals surface area contributed by atoms with Crippen LogP contribution in [0.25, 0.3) is 0 Å². The number of hydrogen-bond acceptors (Lipinski definition) is 5. The molecular weight excluding hydrogens is 298 g/mol. The molecule has 6 nitrogen and oxygen atoms in total. The summed E-state index contributed by atoms with van der Waals surface area (Å²) in [5.74, 6) is -1.46. The molecule has 0 fully saturated rings. The number of allylic oxidation sites excluding steroid dienone is 2. The normalized spacial score (nSPS) is 16.5. The van der Waals surface area contributed by atoms with E-state index in [-0.39, 0.29) is 18.5 Å². The quantitative estimate of drug-likeness (QED) is 0.666. The lowest BCUT2D eigenvalue weighted by Crippen LogP contribution is -2.25. The Hall–Kier alpha value is -2.63. The van der Waals surface area contributed by atoms with Crippen molar-refractivity contribution in [3.63, 3.8) is 0 Å². The number of ether oxygens (including phenoxy) is 2. The molecule has 0 radical (unpaired) electrons. The monoisotopic (exact) mass is 317 g/mol. The molecule has 0 saturated heterocycles. The predicted octanol–water partition coefficient (Wildman–Crippen LogP) is 2.31. The molecule has 122 valence electrons. The third-order valence-electron chi connectivity index (χ3n) is 3.52. The number of hydrogen-bond donors (Lipinski definition) is 1. The van der Waals surface area contributed by atoms with E-state index >= 15 is 0 Å². The maximum absolute atomic E-state index is 11.8. The Kier molecular flexibility index (Phi) is 5.91. The first kappa shape index (κ1) is 16.7. The van der Waals surface area contributed by atoms with Gasteiger partial charge in [0.1, 0.15) is 0 Å². The third kappa shape index (κ3) is 4.95. The summed E-state index contributed by atoms with van der Waals surface area (Å²) in [4.78, 5) is 35.1. The van der Waals surface area contributed by atoms with Crippen molar-refractivity contribution >= 4 is 23.5 Å². The lowest BCUT2D eigenvalue weighted by molar-refractivity contribution is -0.151. The second-order valence-electron chi connectivity index (χ2n) is 5.21. The van der Waals surface area contributed by atoms with Crippen LogP contribution in [0.3, 0.4) is 0 Å². The zero-order valence-corrected chi connectivity index (χ0v) is 12.9. The van der Waals surface area contributed by atoms with Gasteiger partial charge in [0, 0.05) is 5.69 Å². The fourth-order valence-corrected chi connectivity index (χ4v) is 2.30. The van der Waals surface area contributed by atoms with E-state index in [1.54, 1.807) is 18.2 Å². The molecule has 1 N–H and O–H groups in total. The molecule has 1 atom stereocenters. The minimum Gasteiger partial charge on any atom is -0.465 e. The van der Waals surface area contributed by atoms with Gasteiger partial charge in [-0.25, -0.2) is 4.79 Å². The van der Waals surface area contributed by atoms with Gasteiger partial charge in [0.05, 0.1) is 18.6 Å². The van der Waals surface area contributed by atoms with E-state index in [2.05, 4.69) is 10.1 Å². The summed E-state index contributed by atoms with van der Waals surface area (Å²) < 4.78 is 9.65. The number of amides is 1. The molecule has 0 bridgehead atoms. The number of carbonyl (C=O) groups is 3. The SMILES string of the molecule is COC(=O)c1cccc(NC(=O)COC(=O)C2CC=CCC2)c1.